The summed E-state index contributed by atoms with van der Waals surface area (Å²) < 4.78 is 5.84. The van der Waals surface area contributed by atoms with Crippen LogP contribution in [0, 0.1) is 0 Å². The summed E-state index contributed by atoms with van der Waals surface area (Å²) in [4.78, 5) is 10.8. The highest BCUT2D eigenvalue weighted by Crippen LogP contribution is 2.24. The number of ether oxygens (including phenoxy) is 1. The van der Waals surface area contributed by atoms with Gasteiger partial charge in [0.15, 0.2) is 0 Å². The molecule has 0 N–H and O–H groups in total. The molecule has 0 aliphatic carbocycles. The van der Waals surface area contributed by atoms with Gasteiger partial charge in [-0.25, -0.2) is 0 Å². The lowest BCUT2D eigenvalue weighted by molar-refractivity contribution is 0.112. The quantitative estimate of drug-likeness (QED) is 0.634. The van der Waals surface area contributed by atoms with Gasteiger partial charge in [-0.15, -0.1) is 0 Å². The summed E-state index contributed by atoms with van der Waals surface area (Å²) >= 11 is 0. The molecule has 0 radical (unpaired) electrons. The molecule has 0 heterocycles. The Morgan fingerprint density at radius 2 is 1.59 bits per heavy atom. The van der Waals surface area contributed by atoms with Crippen LogP contribution in [0.3, 0.4) is 0 Å². The van der Waals surface area contributed by atoms with Crippen LogP contribution in [0.25, 0.3) is 11.1 Å². The standard InChI is InChI=1S/C20H16O2/c21-14-16-7-6-11-19(13-16)22-15-18-10-4-5-12-20(18)17-8-2-1-3-9-17/h1-14H,15H2. The van der Waals surface area contributed by atoms with E-state index in [1.165, 1.54) is 5.56 Å². The molecule has 0 saturated heterocycles. The van der Waals surface area contributed by atoms with Crippen molar-refractivity contribution in [1.82, 2.24) is 0 Å². The van der Waals surface area contributed by atoms with Gasteiger partial charge in [-0.05, 0) is 28.8 Å². The molecule has 0 amide bonds. The summed E-state index contributed by atoms with van der Waals surface area (Å²) in [6, 6.07) is 25.6. The summed E-state index contributed by atoms with van der Waals surface area (Å²) in [5, 5.41) is 0. The number of hydrogen-bond donors (Lipinski definition) is 0. The first-order chi connectivity index (χ1) is 10.9. The molecule has 0 atom stereocenters. The van der Waals surface area contributed by atoms with Gasteiger partial charge in [0.25, 0.3) is 0 Å². The number of hydrogen-bond acceptors (Lipinski definition) is 2. The third kappa shape index (κ3) is 3.23. The predicted octanol–water partition coefficient (Wildman–Crippen LogP) is 4.75. The summed E-state index contributed by atoms with van der Waals surface area (Å²) in [6.45, 7) is 0.466. The highest BCUT2D eigenvalue weighted by molar-refractivity contribution is 5.75. The molecule has 3 aromatic carbocycles. The number of aldehydes is 1. The van der Waals surface area contributed by atoms with Crippen molar-refractivity contribution in [2.24, 2.45) is 0 Å². The Labute approximate surface area is 130 Å². The number of carbonyl (C=O) groups is 1. The van der Waals surface area contributed by atoms with Crippen molar-refractivity contribution in [1.29, 1.82) is 0 Å². The van der Waals surface area contributed by atoms with Gasteiger partial charge in [-0.1, -0.05) is 66.7 Å². The summed E-state index contributed by atoms with van der Waals surface area (Å²) in [6.07, 6.45) is 0.824. The van der Waals surface area contributed by atoms with Crippen LogP contribution in [-0.2, 0) is 6.61 Å². The Bertz CT molecular complexity index is 763. The molecule has 2 heteroatoms. The number of benzene rings is 3. The van der Waals surface area contributed by atoms with Crippen LogP contribution in [0.2, 0.25) is 0 Å². The van der Waals surface area contributed by atoms with Crippen molar-refractivity contribution in [3.8, 4) is 16.9 Å². The van der Waals surface area contributed by atoms with E-state index in [0.29, 0.717) is 17.9 Å². The molecule has 108 valence electrons. The van der Waals surface area contributed by atoms with E-state index in [1.807, 2.05) is 42.5 Å². The van der Waals surface area contributed by atoms with Crippen LogP contribution in [0.1, 0.15) is 15.9 Å². The summed E-state index contributed by atoms with van der Waals surface area (Å²) in [5.74, 6) is 0.701. The molecular weight excluding hydrogens is 272 g/mol. The zero-order chi connectivity index (χ0) is 15.2. The predicted molar refractivity (Wildman–Crippen MR) is 88.0 cm³/mol. The smallest absolute Gasteiger partial charge is 0.150 e. The van der Waals surface area contributed by atoms with Crippen LogP contribution in [0.4, 0.5) is 0 Å². The molecule has 22 heavy (non-hydrogen) atoms. The second kappa shape index (κ2) is 6.72. The summed E-state index contributed by atoms with van der Waals surface area (Å²) in [5.41, 5.74) is 4.07. The Hall–Kier alpha value is -2.87. The first-order valence-corrected chi connectivity index (χ1v) is 7.18. The van der Waals surface area contributed by atoms with Crippen molar-refractivity contribution in [3.05, 3.63) is 90.0 Å². The molecule has 0 spiro atoms. The van der Waals surface area contributed by atoms with Gasteiger partial charge in [0, 0.05) is 5.56 Å². The lowest BCUT2D eigenvalue weighted by Crippen LogP contribution is -1.98. The minimum absolute atomic E-state index is 0.466. The first kappa shape index (κ1) is 14.1. The maximum absolute atomic E-state index is 10.8. The molecule has 0 saturated carbocycles. The van der Waals surface area contributed by atoms with E-state index in [9.17, 15) is 4.79 Å². The summed E-state index contributed by atoms with van der Waals surface area (Å²) in [7, 11) is 0. The van der Waals surface area contributed by atoms with Crippen LogP contribution in [0.15, 0.2) is 78.9 Å². The third-order valence-corrected chi connectivity index (χ3v) is 3.49. The fourth-order valence-corrected chi connectivity index (χ4v) is 2.38. The topological polar surface area (TPSA) is 26.3 Å². The van der Waals surface area contributed by atoms with Gasteiger partial charge in [-0.3, -0.25) is 4.79 Å². The van der Waals surface area contributed by atoms with E-state index in [-0.39, 0.29) is 0 Å². The Morgan fingerprint density at radius 3 is 2.41 bits per heavy atom. The van der Waals surface area contributed by atoms with Crippen molar-refractivity contribution in [2.75, 3.05) is 0 Å². The van der Waals surface area contributed by atoms with Crippen molar-refractivity contribution in [3.63, 3.8) is 0 Å². The highest BCUT2D eigenvalue weighted by atomic mass is 16.5. The molecule has 3 rings (SSSR count). The fraction of sp³-hybridized carbons (Fsp3) is 0.0500. The van der Waals surface area contributed by atoms with Crippen molar-refractivity contribution in [2.45, 2.75) is 6.61 Å². The fourth-order valence-electron chi connectivity index (χ4n) is 2.38. The van der Waals surface area contributed by atoms with Gasteiger partial charge < -0.3 is 4.74 Å². The second-order valence-corrected chi connectivity index (χ2v) is 5.00. The zero-order valence-corrected chi connectivity index (χ0v) is 12.1. The SMILES string of the molecule is O=Cc1cccc(OCc2ccccc2-c2ccccc2)c1. The molecule has 0 aromatic heterocycles. The van der Waals surface area contributed by atoms with Crippen LogP contribution in [-0.4, -0.2) is 6.29 Å². The van der Waals surface area contributed by atoms with Crippen LogP contribution in [0.5, 0.6) is 5.75 Å². The monoisotopic (exact) mass is 288 g/mol. The van der Waals surface area contributed by atoms with E-state index in [4.69, 9.17) is 4.74 Å². The molecule has 2 nitrogen and oxygen atoms in total. The Balaban J connectivity index is 1.82. The van der Waals surface area contributed by atoms with Crippen molar-refractivity contribution < 1.29 is 9.53 Å². The Kier molecular flexibility index (Phi) is 4.30. The average Bonchev–Trinajstić information content (AvgIpc) is 2.61. The molecule has 0 bridgehead atoms. The third-order valence-electron chi connectivity index (χ3n) is 3.49. The molecular formula is C20H16O2. The van der Waals surface area contributed by atoms with Gasteiger partial charge in [-0.2, -0.15) is 0 Å². The van der Waals surface area contributed by atoms with E-state index < -0.39 is 0 Å². The first-order valence-electron chi connectivity index (χ1n) is 7.18. The van der Waals surface area contributed by atoms with E-state index in [1.54, 1.807) is 12.1 Å². The zero-order valence-electron chi connectivity index (χ0n) is 12.1. The van der Waals surface area contributed by atoms with Crippen molar-refractivity contribution >= 4 is 6.29 Å². The normalized spacial score (nSPS) is 10.2. The minimum atomic E-state index is 0.466. The highest BCUT2D eigenvalue weighted by Gasteiger charge is 2.05. The maximum Gasteiger partial charge on any atom is 0.150 e. The minimum Gasteiger partial charge on any atom is -0.489 e. The van der Waals surface area contributed by atoms with E-state index >= 15 is 0 Å². The van der Waals surface area contributed by atoms with E-state index in [0.717, 1.165) is 17.4 Å². The molecule has 0 fully saturated rings. The van der Waals surface area contributed by atoms with E-state index in [2.05, 4.69) is 24.3 Å². The lowest BCUT2D eigenvalue weighted by Gasteiger charge is -2.11. The average molecular weight is 288 g/mol. The van der Waals surface area contributed by atoms with Gasteiger partial charge in [0.1, 0.15) is 18.6 Å². The van der Waals surface area contributed by atoms with Crippen LogP contribution >= 0.6 is 0 Å². The van der Waals surface area contributed by atoms with Gasteiger partial charge in [0.05, 0.1) is 0 Å². The Morgan fingerprint density at radius 1 is 0.818 bits per heavy atom. The van der Waals surface area contributed by atoms with Crippen LogP contribution < -0.4 is 4.74 Å². The largest absolute Gasteiger partial charge is 0.489 e. The second-order valence-electron chi connectivity index (χ2n) is 5.00. The molecule has 0 aliphatic heterocycles. The van der Waals surface area contributed by atoms with Gasteiger partial charge in [0.2, 0.25) is 0 Å². The lowest BCUT2D eigenvalue weighted by atomic mass is 10.0. The molecule has 0 unspecified atom stereocenters. The molecule has 3 aromatic rings. The number of carbonyl (C=O) groups excluding carboxylic acids is 1. The maximum atomic E-state index is 10.8. The molecule has 0 aliphatic rings. The van der Waals surface area contributed by atoms with Gasteiger partial charge >= 0.3 is 0 Å². The number of rotatable bonds is 5.